The molecular weight excluding hydrogens is 546 g/mol. The zero-order valence-corrected chi connectivity index (χ0v) is 25.3. The minimum Gasteiger partial charge on any atom is -0.208 e. The van der Waals surface area contributed by atoms with Crippen molar-refractivity contribution in [1.29, 1.82) is 0 Å². The molecule has 1 aliphatic rings. The zero-order chi connectivity index (χ0) is 30.4. The Morgan fingerprint density at radius 3 is 1.33 bits per heavy atom. The lowest BCUT2D eigenvalue weighted by atomic mass is 9.82. The van der Waals surface area contributed by atoms with E-state index in [0.29, 0.717) is 17.5 Å². The van der Waals surface area contributed by atoms with Gasteiger partial charge in [0.05, 0.1) is 0 Å². The first kappa shape index (κ1) is 26.9. The fourth-order valence-corrected chi connectivity index (χ4v) is 6.59. The first-order valence-electron chi connectivity index (χ1n) is 15.4. The SMILES string of the molecule is CC1(C)c2ccccc2-c2c(-c3ccc(-c4nc(-c5ccccc5)nc(-c5ccc(-c6ccccc6)cc5)n4)cc3)cccc21. The average molecular weight is 578 g/mol. The van der Waals surface area contributed by atoms with Crippen LogP contribution in [-0.4, -0.2) is 15.0 Å². The molecule has 45 heavy (non-hydrogen) atoms. The van der Waals surface area contributed by atoms with E-state index in [4.69, 9.17) is 15.0 Å². The molecule has 0 atom stereocenters. The summed E-state index contributed by atoms with van der Waals surface area (Å²) in [5.41, 5.74) is 13.0. The maximum absolute atomic E-state index is 4.99. The highest BCUT2D eigenvalue weighted by Crippen LogP contribution is 2.51. The van der Waals surface area contributed by atoms with Gasteiger partial charge in [-0.25, -0.2) is 15.0 Å². The Labute approximate surface area is 264 Å². The van der Waals surface area contributed by atoms with E-state index in [-0.39, 0.29) is 5.41 Å². The molecule has 0 unspecified atom stereocenters. The standard InChI is InChI=1S/C42H31N3/c1-42(2)36-18-10-9-16-35(36)38-34(17-11-19-37(38)42)30-22-26-33(27-23-30)41-44-39(31-14-7-4-8-15-31)43-40(45-41)32-24-20-29(21-25-32)28-12-5-3-6-13-28/h3-27H,1-2H3. The number of hydrogen-bond donors (Lipinski definition) is 0. The number of hydrogen-bond acceptors (Lipinski definition) is 3. The third-order valence-electron chi connectivity index (χ3n) is 8.98. The van der Waals surface area contributed by atoms with Gasteiger partial charge in [-0.1, -0.05) is 166 Å². The molecule has 0 N–H and O–H groups in total. The lowest BCUT2D eigenvalue weighted by molar-refractivity contribution is 0.660. The Morgan fingerprint density at radius 1 is 0.333 bits per heavy atom. The Balaban J connectivity index is 1.20. The van der Waals surface area contributed by atoms with Gasteiger partial charge in [0.15, 0.2) is 17.5 Å². The van der Waals surface area contributed by atoms with Gasteiger partial charge in [0.2, 0.25) is 0 Å². The van der Waals surface area contributed by atoms with Gasteiger partial charge in [-0.2, -0.15) is 0 Å². The lowest BCUT2D eigenvalue weighted by Gasteiger charge is -2.21. The van der Waals surface area contributed by atoms with E-state index >= 15 is 0 Å². The molecule has 0 amide bonds. The smallest absolute Gasteiger partial charge is 0.164 e. The van der Waals surface area contributed by atoms with Crippen LogP contribution in [0.15, 0.2) is 152 Å². The van der Waals surface area contributed by atoms with Gasteiger partial charge in [-0.15, -0.1) is 0 Å². The van der Waals surface area contributed by atoms with Crippen molar-refractivity contribution < 1.29 is 0 Å². The van der Waals surface area contributed by atoms with Gasteiger partial charge in [-0.05, 0) is 44.5 Å². The minimum atomic E-state index is -0.0315. The van der Waals surface area contributed by atoms with Crippen LogP contribution >= 0.6 is 0 Å². The molecule has 0 fully saturated rings. The summed E-state index contributed by atoms with van der Waals surface area (Å²) < 4.78 is 0. The van der Waals surface area contributed by atoms with E-state index in [1.807, 2.05) is 36.4 Å². The van der Waals surface area contributed by atoms with Crippen LogP contribution in [-0.2, 0) is 5.41 Å². The number of nitrogens with zero attached hydrogens (tertiary/aromatic N) is 3. The second kappa shape index (κ2) is 10.8. The minimum absolute atomic E-state index is 0.0315. The fraction of sp³-hybridized carbons (Fsp3) is 0.0714. The molecule has 3 heteroatoms. The zero-order valence-electron chi connectivity index (χ0n) is 25.3. The van der Waals surface area contributed by atoms with Gasteiger partial charge in [0, 0.05) is 22.1 Å². The molecule has 0 bridgehead atoms. The largest absolute Gasteiger partial charge is 0.208 e. The van der Waals surface area contributed by atoms with Crippen molar-refractivity contribution in [3.05, 3.63) is 163 Å². The van der Waals surface area contributed by atoms with Crippen LogP contribution in [0, 0.1) is 0 Å². The van der Waals surface area contributed by atoms with Crippen molar-refractivity contribution >= 4 is 0 Å². The molecule has 214 valence electrons. The number of aromatic nitrogens is 3. The monoisotopic (exact) mass is 577 g/mol. The highest BCUT2D eigenvalue weighted by atomic mass is 15.0. The summed E-state index contributed by atoms with van der Waals surface area (Å²) in [6, 6.07) is 53.1. The van der Waals surface area contributed by atoms with Crippen molar-refractivity contribution in [2.45, 2.75) is 19.3 Å². The van der Waals surface area contributed by atoms with Gasteiger partial charge in [0.1, 0.15) is 0 Å². The average Bonchev–Trinajstić information content (AvgIpc) is 3.35. The van der Waals surface area contributed by atoms with E-state index in [1.165, 1.54) is 38.9 Å². The second-order valence-electron chi connectivity index (χ2n) is 12.1. The second-order valence-corrected chi connectivity index (χ2v) is 12.1. The predicted molar refractivity (Wildman–Crippen MR) is 185 cm³/mol. The Kier molecular flexibility index (Phi) is 6.46. The third kappa shape index (κ3) is 4.74. The van der Waals surface area contributed by atoms with Crippen LogP contribution in [0.5, 0.6) is 0 Å². The summed E-state index contributed by atoms with van der Waals surface area (Å²) in [5, 5.41) is 0. The van der Waals surface area contributed by atoms with Crippen LogP contribution in [0.2, 0.25) is 0 Å². The first-order valence-corrected chi connectivity index (χ1v) is 15.4. The van der Waals surface area contributed by atoms with Crippen LogP contribution in [0.1, 0.15) is 25.0 Å². The summed E-state index contributed by atoms with van der Waals surface area (Å²) in [4.78, 5) is 14.9. The van der Waals surface area contributed by atoms with E-state index in [2.05, 4.69) is 129 Å². The van der Waals surface area contributed by atoms with Crippen LogP contribution < -0.4 is 0 Å². The molecule has 1 heterocycles. The summed E-state index contributed by atoms with van der Waals surface area (Å²) in [5.74, 6) is 1.97. The van der Waals surface area contributed by atoms with Crippen molar-refractivity contribution in [3.8, 4) is 67.5 Å². The van der Waals surface area contributed by atoms with E-state index in [1.54, 1.807) is 0 Å². The Bertz CT molecular complexity index is 2150. The molecule has 6 aromatic carbocycles. The molecule has 8 rings (SSSR count). The number of benzene rings is 6. The maximum atomic E-state index is 4.99. The van der Waals surface area contributed by atoms with Crippen molar-refractivity contribution in [1.82, 2.24) is 15.0 Å². The van der Waals surface area contributed by atoms with E-state index in [9.17, 15) is 0 Å². The summed E-state index contributed by atoms with van der Waals surface area (Å²) in [7, 11) is 0. The summed E-state index contributed by atoms with van der Waals surface area (Å²) in [6.45, 7) is 4.64. The fourth-order valence-electron chi connectivity index (χ4n) is 6.59. The Hall–Kier alpha value is -5.67. The van der Waals surface area contributed by atoms with Crippen LogP contribution in [0.25, 0.3) is 67.5 Å². The van der Waals surface area contributed by atoms with E-state index in [0.717, 1.165) is 22.3 Å². The van der Waals surface area contributed by atoms with Crippen LogP contribution in [0.3, 0.4) is 0 Å². The van der Waals surface area contributed by atoms with Crippen LogP contribution in [0.4, 0.5) is 0 Å². The number of rotatable bonds is 5. The molecular formula is C42H31N3. The molecule has 7 aromatic rings. The molecule has 0 saturated carbocycles. The molecule has 0 saturated heterocycles. The maximum Gasteiger partial charge on any atom is 0.164 e. The highest BCUT2D eigenvalue weighted by molar-refractivity contribution is 5.92. The quantitative estimate of drug-likeness (QED) is 0.204. The van der Waals surface area contributed by atoms with Gasteiger partial charge < -0.3 is 0 Å². The van der Waals surface area contributed by atoms with Crippen molar-refractivity contribution in [2.24, 2.45) is 0 Å². The van der Waals surface area contributed by atoms with Gasteiger partial charge >= 0.3 is 0 Å². The third-order valence-corrected chi connectivity index (χ3v) is 8.98. The first-order chi connectivity index (χ1) is 22.1. The molecule has 1 aromatic heterocycles. The number of fused-ring (bicyclic) bond motifs is 3. The van der Waals surface area contributed by atoms with Gasteiger partial charge in [0.25, 0.3) is 0 Å². The lowest BCUT2D eigenvalue weighted by Crippen LogP contribution is -2.14. The molecule has 0 aliphatic heterocycles. The summed E-state index contributed by atoms with van der Waals surface area (Å²) >= 11 is 0. The molecule has 1 aliphatic carbocycles. The molecule has 0 spiro atoms. The van der Waals surface area contributed by atoms with E-state index < -0.39 is 0 Å². The topological polar surface area (TPSA) is 38.7 Å². The van der Waals surface area contributed by atoms with Crippen molar-refractivity contribution in [3.63, 3.8) is 0 Å². The van der Waals surface area contributed by atoms with Gasteiger partial charge in [-0.3, -0.25) is 0 Å². The Morgan fingerprint density at radius 2 is 0.733 bits per heavy atom. The van der Waals surface area contributed by atoms with Crippen molar-refractivity contribution in [2.75, 3.05) is 0 Å². The summed E-state index contributed by atoms with van der Waals surface area (Å²) in [6.07, 6.45) is 0. The normalized spacial score (nSPS) is 12.8. The molecule has 0 radical (unpaired) electrons. The predicted octanol–water partition coefficient (Wildman–Crippen LogP) is 10.5. The highest BCUT2D eigenvalue weighted by Gasteiger charge is 2.36. The molecule has 3 nitrogen and oxygen atoms in total.